The molecule has 0 unspecified atom stereocenters. The second-order valence-corrected chi connectivity index (χ2v) is 7.05. The standard InChI is InChI=1S/C20H22N4O4/c1-12-4-5-16-13(9-12)10-15(20(26)22-16)19-23-18(28-24-19)7-6-17(25)21-11-14-3-2-8-27-14/h4-5,9-10,14H,2-3,6-8,11H2,1H3,(H,21,25)(H,22,26)/t14-/m1/s1. The number of pyridine rings is 1. The minimum Gasteiger partial charge on any atom is -0.376 e. The van der Waals surface area contributed by atoms with Crippen molar-refractivity contribution in [3.8, 4) is 11.4 Å². The number of carbonyl (C=O) groups is 1. The summed E-state index contributed by atoms with van der Waals surface area (Å²) in [6.45, 7) is 3.28. The molecule has 1 atom stereocenters. The number of amides is 1. The third-order valence-electron chi connectivity index (χ3n) is 4.83. The molecule has 8 nitrogen and oxygen atoms in total. The molecule has 0 radical (unpaired) electrons. The van der Waals surface area contributed by atoms with Gasteiger partial charge in [0.25, 0.3) is 5.56 Å². The van der Waals surface area contributed by atoms with E-state index in [9.17, 15) is 9.59 Å². The van der Waals surface area contributed by atoms with Gasteiger partial charge in [0.2, 0.25) is 17.6 Å². The second-order valence-electron chi connectivity index (χ2n) is 7.05. The Labute approximate surface area is 161 Å². The highest BCUT2D eigenvalue weighted by atomic mass is 16.5. The first kappa shape index (κ1) is 18.4. The van der Waals surface area contributed by atoms with E-state index in [0.717, 1.165) is 35.9 Å². The van der Waals surface area contributed by atoms with Gasteiger partial charge in [-0.3, -0.25) is 9.59 Å². The first-order valence-electron chi connectivity index (χ1n) is 9.43. The summed E-state index contributed by atoms with van der Waals surface area (Å²) < 4.78 is 10.7. The number of aromatic nitrogens is 3. The molecule has 3 heterocycles. The summed E-state index contributed by atoms with van der Waals surface area (Å²) in [4.78, 5) is 31.4. The molecular formula is C20H22N4O4. The van der Waals surface area contributed by atoms with Crippen molar-refractivity contribution in [2.75, 3.05) is 13.2 Å². The number of nitrogens with one attached hydrogen (secondary N) is 2. The summed E-state index contributed by atoms with van der Waals surface area (Å²) in [6, 6.07) is 7.54. The van der Waals surface area contributed by atoms with E-state index < -0.39 is 0 Å². The lowest BCUT2D eigenvalue weighted by atomic mass is 10.1. The zero-order chi connectivity index (χ0) is 19.5. The van der Waals surface area contributed by atoms with E-state index in [1.165, 1.54) is 0 Å². The van der Waals surface area contributed by atoms with Crippen molar-refractivity contribution < 1.29 is 14.1 Å². The van der Waals surface area contributed by atoms with Crippen molar-refractivity contribution in [3.63, 3.8) is 0 Å². The molecule has 0 saturated carbocycles. The van der Waals surface area contributed by atoms with E-state index in [1.54, 1.807) is 6.07 Å². The molecule has 2 aromatic heterocycles. The summed E-state index contributed by atoms with van der Waals surface area (Å²) in [6.07, 6.45) is 2.69. The molecular weight excluding hydrogens is 360 g/mol. The van der Waals surface area contributed by atoms with E-state index in [1.807, 2.05) is 25.1 Å². The van der Waals surface area contributed by atoms with Crippen molar-refractivity contribution in [1.82, 2.24) is 20.4 Å². The molecule has 28 heavy (non-hydrogen) atoms. The number of H-pyrrole nitrogens is 1. The highest BCUT2D eigenvalue weighted by Crippen LogP contribution is 2.19. The molecule has 4 rings (SSSR count). The van der Waals surface area contributed by atoms with Crippen molar-refractivity contribution in [3.05, 3.63) is 46.1 Å². The van der Waals surface area contributed by atoms with Gasteiger partial charge in [0.15, 0.2) is 0 Å². The lowest BCUT2D eigenvalue weighted by Gasteiger charge is -2.09. The molecule has 0 spiro atoms. The van der Waals surface area contributed by atoms with Gasteiger partial charge in [-0.25, -0.2) is 0 Å². The molecule has 146 valence electrons. The van der Waals surface area contributed by atoms with Gasteiger partial charge in [0.1, 0.15) is 0 Å². The van der Waals surface area contributed by atoms with Crippen LogP contribution < -0.4 is 10.9 Å². The molecule has 1 aliphatic heterocycles. The van der Waals surface area contributed by atoms with Crippen LogP contribution in [0, 0.1) is 6.92 Å². The summed E-state index contributed by atoms with van der Waals surface area (Å²) in [5, 5.41) is 7.66. The first-order valence-corrected chi connectivity index (χ1v) is 9.43. The smallest absolute Gasteiger partial charge is 0.259 e. The zero-order valence-corrected chi connectivity index (χ0v) is 15.7. The highest BCUT2D eigenvalue weighted by Gasteiger charge is 2.17. The predicted molar refractivity (Wildman–Crippen MR) is 103 cm³/mol. The highest BCUT2D eigenvalue weighted by molar-refractivity contribution is 5.83. The van der Waals surface area contributed by atoms with Crippen LogP contribution in [0.3, 0.4) is 0 Å². The van der Waals surface area contributed by atoms with Crippen LogP contribution in [0.1, 0.15) is 30.7 Å². The fourth-order valence-corrected chi connectivity index (χ4v) is 3.30. The Morgan fingerprint density at radius 2 is 2.25 bits per heavy atom. The first-order chi connectivity index (χ1) is 13.6. The summed E-state index contributed by atoms with van der Waals surface area (Å²) >= 11 is 0. The summed E-state index contributed by atoms with van der Waals surface area (Å²) in [5.74, 6) is 0.458. The van der Waals surface area contributed by atoms with Crippen LogP contribution >= 0.6 is 0 Å². The largest absolute Gasteiger partial charge is 0.376 e. The van der Waals surface area contributed by atoms with Gasteiger partial charge in [0.05, 0.1) is 11.7 Å². The summed E-state index contributed by atoms with van der Waals surface area (Å²) in [5.41, 5.74) is 1.91. The quantitative estimate of drug-likeness (QED) is 0.676. The van der Waals surface area contributed by atoms with Crippen LogP contribution in [0.25, 0.3) is 22.3 Å². The summed E-state index contributed by atoms with van der Waals surface area (Å²) in [7, 11) is 0. The maximum atomic E-state index is 12.4. The monoisotopic (exact) mass is 382 g/mol. The van der Waals surface area contributed by atoms with Crippen LogP contribution in [0.5, 0.6) is 0 Å². The molecule has 0 aliphatic carbocycles. The third kappa shape index (κ3) is 4.12. The van der Waals surface area contributed by atoms with Gasteiger partial charge in [-0.1, -0.05) is 16.8 Å². The van der Waals surface area contributed by atoms with Crippen LogP contribution in [0.4, 0.5) is 0 Å². The molecule has 3 aromatic rings. The van der Waals surface area contributed by atoms with Crippen molar-refractivity contribution in [2.24, 2.45) is 0 Å². The van der Waals surface area contributed by atoms with E-state index in [4.69, 9.17) is 9.26 Å². The Morgan fingerprint density at radius 1 is 1.36 bits per heavy atom. The normalized spacial score (nSPS) is 16.5. The molecule has 2 N–H and O–H groups in total. The van der Waals surface area contributed by atoms with E-state index >= 15 is 0 Å². The van der Waals surface area contributed by atoms with Gasteiger partial charge >= 0.3 is 0 Å². The molecule has 1 amide bonds. The Balaban J connectivity index is 1.41. The maximum Gasteiger partial charge on any atom is 0.259 e. The minimum atomic E-state index is -0.280. The fraction of sp³-hybridized carbons (Fsp3) is 0.400. The third-order valence-corrected chi connectivity index (χ3v) is 4.83. The molecule has 0 bridgehead atoms. The Hall–Kier alpha value is -3.00. The van der Waals surface area contributed by atoms with E-state index in [2.05, 4.69) is 20.4 Å². The average Bonchev–Trinajstić information content (AvgIpc) is 3.36. The number of hydrogen-bond donors (Lipinski definition) is 2. The lowest BCUT2D eigenvalue weighted by Crippen LogP contribution is -2.31. The van der Waals surface area contributed by atoms with Gasteiger partial charge in [-0.05, 0) is 43.4 Å². The van der Waals surface area contributed by atoms with Gasteiger partial charge < -0.3 is 19.6 Å². The topological polar surface area (TPSA) is 110 Å². The molecule has 1 fully saturated rings. The number of rotatable bonds is 6. The van der Waals surface area contributed by atoms with Crippen molar-refractivity contribution in [2.45, 2.75) is 38.7 Å². The SMILES string of the molecule is Cc1ccc2[nH]c(=O)c(-c3noc(CCC(=O)NC[C@H]4CCCO4)n3)cc2c1. The zero-order valence-electron chi connectivity index (χ0n) is 15.7. The molecule has 1 aromatic carbocycles. The lowest BCUT2D eigenvalue weighted by molar-refractivity contribution is -0.121. The number of ether oxygens (including phenoxy) is 1. The number of fused-ring (bicyclic) bond motifs is 1. The van der Waals surface area contributed by atoms with Gasteiger partial charge in [-0.15, -0.1) is 0 Å². The van der Waals surface area contributed by atoms with E-state index in [-0.39, 0.29) is 29.8 Å². The number of aryl methyl sites for hydroxylation is 2. The number of aromatic amines is 1. The second kappa shape index (κ2) is 7.93. The molecule has 8 heteroatoms. The molecule has 1 saturated heterocycles. The predicted octanol–water partition coefficient (Wildman–Crippen LogP) is 2.11. The maximum absolute atomic E-state index is 12.4. The Morgan fingerprint density at radius 3 is 3.07 bits per heavy atom. The van der Waals surface area contributed by atoms with E-state index in [0.29, 0.717) is 24.4 Å². The van der Waals surface area contributed by atoms with Crippen LogP contribution in [0.2, 0.25) is 0 Å². The van der Waals surface area contributed by atoms with Crippen molar-refractivity contribution in [1.29, 1.82) is 0 Å². The number of carbonyl (C=O) groups excluding carboxylic acids is 1. The molecule has 1 aliphatic rings. The van der Waals surface area contributed by atoms with Gasteiger partial charge in [-0.2, -0.15) is 4.98 Å². The Bertz CT molecular complexity index is 1050. The fourth-order valence-electron chi connectivity index (χ4n) is 3.30. The average molecular weight is 382 g/mol. The minimum absolute atomic E-state index is 0.0886. The van der Waals surface area contributed by atoms with Crippen molar-refractivity contribution >= 4 is 16.8 Å². The van der Waals surface area contributed by atoms with Gasteiger partial charge in [0, 0.05) is 31.5 Å². The van der Waals surface area contributed by atoms with Crippen LogP contribution in [0.15, 0.2) is 33.6 Å². The Kier molecular flexibility index (Phi) is 5.21. The van der Waals surface area contributed by atoms with Crippen LogP contribution in [-0.4, -0.2) is 40.3 Å². The number of benzene rings is 1. The van der Waals surface area contributed by atoms with Crippen LogP contribution in [-0.2, 0) is 16.0 Å². The number of nitrogens with zero attached hydrogens (tertiary/aromatic N) is 2. The number of hydrogen-bond acceptors (Lipinski definition) is 6.